The number of hydrogen-bond donors (Lipinski definition) is 1. The highest BCUT2D eigenvalue weighted by atomic mass is 32.1. The summed E-state index contributed by atoms with van der Waals surface area (Å²) in [5.74, 6) is 1.20. The molecule has 0 atom stereocenters. The second-order valence-corrected chi connectivity index (χ2v) is 9.94. The van der Waals surface area contributed by atoms with Crippen molar-refractivity contribution in [1.82, 2.24) is 14.6 Å². The molecule has 1 N–H and O–H groups in total. The van der Waals surface area contributed by atoms with Gasteiger partial charge in [0.05, 0.1) is 18.7 Å². The summed E-state index contributed by atoms with van der Waals surface area (Å²) in [5, 5.41) is 8.71. The molecule has 0 saturated heterocycles. The van der Waals surface area contributed by atoms with E-state index in [0.717, 1.165) is 32.6 Å². The van der Waals surface area contributed by atoms with Gasteiger partial charge in [-0.25, -0.2) is 9.50 Å². The Bertz CT molecular complexity index is 1770. The summed E-state index contributed by atoms with van der Waals surface area (Å²) in [6, 6.07) is 21.1. The standard InChI is InChI=1S/C29H24N4O4S.C2H6/c1-17-6-4-8-20(10-17)27(34)30-21-9-5-7-19(13-21)16-36-24-11-18(2)12-25-22(24)14-26(37-25)23-15-33-28(31-23)38-29(32-33)35-3;1-2/h4-15H,16H2,1-3H3,(H,30,34);1-2H3. The third-order valence-electron chi connectivity index (χ3n) is 6.05. The van der Waals surface area contributed by atoms with Crippen molar-refractivity contribution in [2.75, 3.05) is 12.4 Å². The van der Waals surface area contributed by atoms with Gasteiger partial charge in [0, 0.05) is 11.3 Å². The van der Waals surface area contributed by atoms with E-state index < -0.39 is 0 Å². The van der Waals surface area contributed by atoms with Crippen LogP contribution in [0.2, 0.25) is 0 Å². The number of rotatable bonds is 7. The van der Waals surface area contributed by atoms with Gasteiger partial charge in [-0.05, 0) is 78.8 Å². The third-order valence-corrected chi connectivity index (χ3v) is 6.94. The molecule has 6 aromatic rings. The number of imidazole rings is 1. The molecule has 3 aromatic carbocycles. The van der Waals surface area contributed by atoms with Crippen molar-refractivity contribution in [3.8, 4) is 22.4 Å². The molecule has 0 aliphatic heterocycles. The summed E-state index contributed by atoms with van der Waals surface area (Å²) < 4.78 is 19.2. The monoisotopic (exact) mass is 554 g/mol. The SMILES string of the molecule is CC.COc1nn2cc(-c3cc4c(OCc5cccc(NC(=O)c6cccc(C)c6)c5)cc(C)cc4o3)nc2s1. The number of nitrogens with zero attached hydrogens (tertiary/aromatic N) is 3. The van der Waals surface area contributed by atoms with Crippen molar-refractivity contribution in [3.63, 3.8) is 0 Å². The van der Waals surface area contributed by atoms with Gasteiger partial charge in [0.25, 0.3) is 11.1 Å². The van der Waals surface area contributed by atoms with Gasteiger partial charge in [-0.2, -0.15) is 0 Å². The van der Waals surface area contributed by atoms with Gasteiger partial charge in [0.2, 0.25) is 4.96 Å². The Balaban J connectivity index is 0.00000158. The number of aromatic nitrogens is 3. The number of carbonyl (C=O) groups is 1. The van der Waals surface area contributed by atoms with Crippen molar-refractivity contribution in [2.45, 2.75) is 34.3 Å². The second-order valence-electron chi connectivity index (χ2n) is 9.02. The summed E-state index contributed by atoms with van der Waals surface area (Å²) >= 11 is 1.36. The van der Waals surface area contributed by atoms with Gasteiger partial charge in [-0.15, -0.1) is 5.10 Å². The second kappa shape index (κ2) is 11.6. The molecule has 6 rings (SSSR count). The maximum atomic E-state index is 12.7. The van der Waals surface area contributed by atoms with Crippen molar-refractivity contribution in [2.24, 2.45) is 0 Å². The van der Waals surface area contributed by atoms with Crippen LogP contribution >= 0.6 is 11.3 Å². The minimum atomic E-state index is -0.147. The van der Waals surface area contributed by atoms with Crippen molar-refractivity contribution in [3.05, 3.63) is 95.2 Å². The molecule has 0 aliphatic carbocycles. The van der Waals surface area contributed by atoms with Crippen LogP contribution in [0.5, 0.6) is 10.9 Å². The Kier molecular flexibility index (Phi) is 7.84. The average molecular weight is 555 g/mol. The number of methoxy groups -OCH3 is 1. The van der Waals surface area contributed by atoms with E-state index >= 15 is 0 Å². The van der Waals surface area contributed by atoms with Crippen LogP contribution in [0.3, 0.4) is 0 Å². The normalized spacial score (nSPS) is 10.8. The zero-order chi connectivity index (χ0) is 28.2. The van der Waals surface area contributed by atoms with Gasteiger partial charge in [-0.1, -0.05) is 43.7 Å². The molecule has 1 amide bonds. The Labute approximate surface area is 236 Å². The molecule has 3 aromatic heterocycles. The first-order valence-electron chi connectivity index (χ1n) is 13.0. The smallest absolute Gasteiger partial charge is 0.294 e. The Hall–Kier alpha value is -4.63. The first-order chi connectivity index (χ1) is 19.4. The molecule has 0 aliphatic rings. The largest absolute Gasteiger partial charge is 0.488 e. The zero-order valence-corrected chi connectivity index (χ0v) is 23.8. The van der Waals surface area contributed by atoms with Crippen LogP contribution in [0.25, 0.3) is 27.4 Å². The number of fused-ring (bicyclic) bond motifs is 2. The summed E-state index contributed by atoms with van der Waals surface area (Å²) in [7, 11) is 1.58. The lowest BCUT2D eigenvalue weighted by atomic mass is 10.1. The number of hydrogen-bond acceptors (Lipinski definition) is 7. The van der Waals surface area contributed by atoms with Gasteiger partial charge in [0.15, 0.2) is 5.76 Å². The highest BCUT2D eigenvalue weighted by molar-refractivity contribution is 7.18. The fourth-order valence-corrected chi connectivity index (χ4v) is 4.96. The van der Waals surface area contributed by atoms with Crippen LogP contribution in [0.1, 0.15) is 40.9 Å². The highest BCUT2D eigenvalue weighted by Crippen LogP contribution is 2.35. The molecule has 0 spiro atoms. The minimum Gasteiger partial charge on any atom is -0.488 e. The predicted molar refractivity (Wildman–Crippen MR) is 159 cm³/mol. The van der Waals surface area contributed by atoms with Crippen molar-refractivity contribution < 1.29 is 18.7 Å². The molecule has 204 valence electrons. The molecule has 40 heavy (non-hydrogen) atoms. The Morgan fingerprint density at radius 2 is 1.85 bits per heavy atom. The lowest BCUT2D eigenvalue weighted by molar-refractivity contribution is 0.102. The lowest BCUT2D eigenvalue weighted by Gasteiger charge is -2.10. The number of aryl methyl sites for hydroxylation is 2. The van der Waals surface area contributed by atoms with E-state index in [-0.39, 0.29) is 5.91 Å². The van der Waals surface area contributed by atoms with Crippen LogP contribution < -0.4 is 14.8 Å². The molecule has 0 bridgehead atoms. The minimum absolute atomic E-state index is 0.147. The Morgan fingerprint density at radius 3 is 2.62 bits per heavy atom. The number of anilines is 1. The molecule has 0 saturated carbocycles. The van der Waals surface area contributed by atoms with Crippen LogP contribution in [0, 0.1) is 13.8 Å². The molecule has 0 unspecified atom stereocenters. The van der Waals surface area contributed by atoms with Crippen LogP contribution in [0.15, 0.2) is 77.3 Å². The van der Waals surface area contributed by atoms with E-state index in [4.69, 9.17) is 13.9 Å². The van der Waals surface area contributed by atoms with E-state index in [1.165, 1.54) is 11.3 Å². The molecule has 9 heteroatoms. The number of ether oxygens (including phenoxy) is 2. The topological polar surface area (TPSA) is 90.9 Å². The molecular formula is C31H30N4O4S. The molecule has 0 radical (unpaired) electrons. The first kappa shape index (κ1) is 27.0. The third kappa shape index (κ3) is 5.69. The van der Waals surface area contributed by atoms with E-state index in [0.29, 0.717) is 40.3 Å². The first-order valence-corrected chi connectivity index (χ1v) is 13.8. The zero-order valence-electron chi connectivity index (χ0n) is 23.0. The fourth-order valence-electron chi connectivity index (χ4n) is 4.26. The number of furan rings is 1. The summed E-state index contributed by atoms with van der Waals surface area (Å²) in [4.78, 5) is 18.0. The number of amides is 1. The summed E-state index contributed by atoms with van der Waals surface area (Å²) in [6.07, 6.45) is 1.82. The molecular weight excluding hydrogens is 524 g/mol. The molecule has 8 nitrogen and oxygen atoms in total. The van der Waals surface area contributed by atoms with Crippen molar-refractivity contribution in [1.29, 1.82) is 0 Å². The number of benzene rings is 3. The predicted octanol–water partition coefficient (Wildman–Crippen LogP) is 7.69. The van der Waals surface area contributed by atoms with Crippen LogP contribution in [0.4, 0.5) is 5.69 Å². The molecule has 0 fully saturated rings. The number of carbonyl (C=O) groups excluding carboxylic acids is 1. The van der Waals surface area contributed by atoms with Gasteiger partial charge in [-0.3, -0.25) is 4.79 Å². The fraction of sp³-hybridized carbons (Fsp3) is 0.194. The highest BCUT2D eigenvalue weighted by Gasteiger charge is 2.16. The van der Waals surface area contributed by atoms with Crippen molar-refractivity contribution >= 4 is 38.9 Å². The maximum Gasteiger partial charge on any atom is 0.294 e. The van der Waals surface area contributed by atoms with E-state index in [1.54, 1.807) is 17.7 Å². The van der Waals surface area contributed by atoms with E-state index in [9.17, 15) is 4.79 Å². The molecule has 3 heterocycles. The van der Waals surface area contributed by atoms with Gasteiger partial charge >= 0.3 is 0 Å². The maximum absolute atomic E-state index is 12.7. The van der Waals surface area contributed by atoms with Gasteiger partial charge in [0.1, 0.15) is 23.6 Å². The summed E-state index contributed by atoms with van der Waals surface area (Å²) in [5.41, 5.74) is 5.72. The Morgan fingerprint density at radius 1 is 1.02 bits per heavy atom. The lowest BCUT2D eigenvalue weighted by Crippen LogP contribution is -2.12. The van der Waals surface area contributed by atoms with Crippen LogP contribution in [-0.4, -0.2) is 27.6 Å². The van der Waals surface area contributed by atoms with E-state index in [1.807, 2.05) is 94.6 Å². The van der Waals surface area contributed by atoms with E-state index in [2.05, 4.69) is 15.4 Å². The van der Waals surface area contributed by atoms with Gasteiger partial charge < -0.3 is 19.2 Å². The summed E-state index contributed by atoms with van der Waals surface area (Å²) in [6.45, 7) is 8.29. The number of nitrogens with one attached hydrogen (secondary N) is 1. The van der Waals surface area contributed by atoms with Crippen LogP contribution in [-0.2, 0) is 6.61 Å². The average Bonchev–Trinajstić information content (AvgIpc) is 3.66. The quantitative estimate of drug-likeness (QED) is 0.218.